The van der Waals surface area contributed by atoms with Gasteiger partial charge in [-0.05, 0) is 53.8 Å². The molecule has 1 amide bonds. The minimum Gasteiger partial charge on any atom is -0.452 e. The Morgan fingerprint density at radius 1 is 0.912 bits per heavy atom. The topological polar surface area (TPSA) is 59.5 Å². The Hall–Kier alpha value is -4.25. The number of likely N-dealkylation sites (N-methyl/N-ethyl adjacent to an activating group) is 1. The fraction of sp³-hybridized carbons (Fsp3) is 0.138. The van der Waals surface area contributed by atoms with E-state index >= 15 is 0 Å². The summed E-state index contributed by atoms with van der Waals surface area (Å²) >= 11 is 0. The van der Waals surface area contributed by atoms with Gasteiger partial charge in [0.05, 0.1) is 16.8 Å². The van der Waals surface area contributed by atoms with Crippen LogP contribution < -0.4 is 4.90 Å². The van der Waals surface area contributed by atoms with Crippen molar-refractivity contribution in [2.75, 3.05) is 18.6 Å². The van der Waals surface area contributed by atoms with Gasteiger partial charge in [-0.1, -0.05) is 66.7 Å². The van der Waals surface area contributed by atoms with Gasteiger partial charge >= 0.3 is 5.97 Å². The number of allylic oxidation sites excluding steroid dienone is 1. The Kier molecular flexibility index (Phi) is 5.91. The summed E-state index contributed by atoms with van der Waals surface area (Å²) in [5, 5.41) is 0.746. The Morgan fingerprint density at radius 2 is 1.59 bits per heavy atom. The summed E-state index contributed by atoms with van der Waals surface area (Å²) in [4.78, 5) is 32.3. The van der Waals surface area contributed by atoms with Crippen LogP contribution in [0.1, 0.15) is 33.6 Å². The Labute approximate surface area is 198 Å². The third-order valence-corrected chi connectivity index (χ3v) is 6.13. The highest BCUT2D eigenvalue weighted by Gasteiger charge is 2.28. The van der Waals surface area contributed by atoms with Crippen LogP contribution in [0.4, 0.5) is 5.69 Å². The van der Waals surface area contributed by atoms with Crippen molar-refractivity contribution in [3.05, 3.63) is 107 Å². The van der Waals surface area contributed by atoms with Crippen molar-refractivity contribution in [3.8, 4) is 0 Å². The first kappa shape index (κ1) is 21.6. The summed E-state index contributed by atoms with van der Waals surface area (Å²) in [6.07, 6.45) is 3.62. The molecule has 1 aromatic heterocycles. The van der Waals surface area contributed by atoms with Gasteiger partial charge in [0.25, 0.3) is 5.91 Å². The molecule has 0 unspecified atom stereocenters. The zero-order valence-corrected chi connectivity index (χ0v) is 18.9. The largest absolute Gasteiger partial charge is 0.452 e. The van der Waals surface area contributed by atoms with Crippen molar-refractivity contribution < 1.29 is 14.3 Å². The minimum atomic E-state index is -0.495. The number of anilines is 1. The monoisotopic (exact) mass is 448 g/mol. The van der Waals surface area contributed by atoms with E-state index in [1.54, 1.807) is 7.05 Å². The summed E-state index contributed by atoms with van der Waals surface area (Å²) in [6, 6.07) is 27.0. The maximum Gasteiger partial charge on any atom is 0.339 e. The minimum absolute atomic E-state index is 0.292. The van der Waals surface area contributed by atoms with Crippen LogP contribution in [0.15, 0.2) is 84.9 Å². The number of carbonyl (C=O) groups is 2. The van der Waals surface area contributed by atoms with Crippen molar-refractivity contribution in [2.45, 2.75) is 12.8 Å². The van der Waals surface area contributed by atoms with E-state index in [0.29, 0.717) is 12.0 Å². The third kappa shape index (κ3) is 4.20. The molecule has 0 spiro atoms. The van der Waals surface area contributed by atoms with Crippen LogP contribution in [0, 0.1) is 0 Å². The molecular formula is C29H24N2O3. The first-order valence-corrected chi connectivity index (χ1v) is 11.3. The zero-order valence-electron chi connectivity index (χ0n) is 18.9. The lowest BCUT2D eigenvalue weighted by Crippen LogP contribution is -2.31. The van der Waals surface area contributed by atoms with Gasteiger partial charge in [-0.25, -0.2) is 9.78 Å². The number of aromatic nitrogens is 1. The van der Waals surface area contributed by atoms with Crippen molar-refractivity contribution in [1.82, 2.24) is 4.98 Å². The molecule has 0 saturated heterocycles. The smallest absolute Gasteiger partial charge is 0.339 e. The molecular weight excluding hydrogens is 424 g/mol. The molecule has 1 aliphatic rings. The number of carbonyl (C=O) groups excluding carboxylic acids is 2. The van der Waals surface area contributed by atoms with Gasteiger partial charge in [-0.3, -0.25) is 4.79 Å². The Morgan fingerprint density at radius 3 is 2.35 bits per heavy atom. The molecule has 5 rings (SSSR count). The van der Waals surface area contributed by atoms with Gasteiger partial charge in [0, 0.05) is 18.1 Å². The summed E-state index contributed by atoms with van der Waals surface area (Å²) in [7, 11) is 1.67. The Balaban J connectivity index is 1.46. The number of pyridine rings is 1. The van der Waals surface area contributed by atoms with Gasteiger partial charge < -0.3 is 9.64 Å². The lowest BCUT2D eigenvalue weighted by atomic mass is 10.0. The van der Waals surface area contributed by atoms with E-state index in [0.717, 1.165) is 45.4 Å². The van der Waals surface area contributed by atoms with Crippen molar-refractivity contribution in [2.24, 2.45) is 0 Å². The predicted octanol–water partition coefficient (Wildman–Crippen LogP) is 5.54. The van der Waals surface area contributed by atoms with Crippen LogP contribution in [0.3, 0.4) is 0 Å². The fourth-order valence-electron chi connectivity index (χ4n) is 4.35. The maximum atomic E-state index is 13.3. The molecule has 0 atom stereocenters. The molecule has 34 heavy (non-hydrogen) atoms. The molecule has 0 saturated carbocycles. The standard InChI is InChI=1S/C29H24N2O3/c1-31(22-12-6-3-7-13-22)26(32)19-34-29(33)27-23-14-8-9-15-25(23)30-28-21(16-17-24(27)28)18-20-10-4-2-5-11-20/h2-15,18H,16-17,19H2,1H3. The van der Waals surface area contributed by atoms with Crippen molar-refractivity contribution in [1.29, 1.82) is 0 Å². The van der Waals surface area contributed by atoms with Crippen LogP contribution in [-0.2, 0) is 16.0 Å². The second-order valence-corrected chi connectivity index (χ2v) is 8.28. The summed E-state index contributed by atoms with van der Waals surface area (Å²) in [5.74, 6) is -0.787. The highest BCUT2D eigenvalue weighted by Crippen LogP contribution is 2.37. The number of para-hydroxylation sites is 2. The highest BCUT2D eigenvalue weighted by molar-refractivity contribution is 6.08. The first-order chi connectivity index (χ1) is 16.6. The summed E-state index contributed by atoms with van der Waals surface area (Å²) < 4.78 is 5.54. The van der Waals surface area contributed by atoms with E-state index in [1.165, 1.54) is 4.90 Å². The van der Waals surface area contributed by atoms with Crippen LogP contribution in [0.2, 0.25) is 0 Å². The fourth-order valence-corrected chi connectivity index (χ4v) is 4.35. The van der Waals surface area contributed by atoms with Crippen molar-refractivity contribution in [3.63, 3.8) is 0 Å². The first-order valence-electron chi connectivity index (χ1n) is 11.3. The van der Waals surface area contributed by atoms with Gasteiger partial charge in [-0.2, -0.15) is 0 Å². The second-order valence-electron chi connectivity index (χ2n) is 8.28. The number of hydrogen-bond donors (Lipinski definition) is 0. The van der Waals surface area contributed by atoms with Crippen LogP contribution in [-0.4, -0.2) is 30.5 Å². The number of fused-ring (bicyclic) bond motifs is 2. The third-order valence-electron chi connectivity index (χ3n) is 6.13. The predicted molar refractivity (Wildman–Crippen MR) is 135 cm³/mol. The molecule has 1 heterocycles. The number of amides is 1. The number of ether oxygens (including phenoxy) is 1. The molecule has 5 nitrogen and oxygen atoms in total. The van der Waals surface area contributed by atoms with E-state index < -0.39 is 5.97 Å². The van der Waals surface area contributed by atoms with Gasteiger partial charge in [0.15, 0.2) is 6.61 Å². The molecule has 0 radical (unpaired) electrons. The number of nitrogens with zero attached hydrogens (tertiary/aromatic N) is 2. The molecule has 5 heteroatoms. The average Bonchev–Trinajstić information content (AvgIpc) is 3.28. The van der Waals surface area contributed by atoms with E-state index in [1.807, 2.05) is 72.8 Å². The maximum absolute atomic E-state index is 13.3. The normalized spacial score (nSPS) is 13.6. The van der Waals surface area contributed by atoms with Crippen molar-refractivity contribution >= 4 is 40.1 Å². The Bertz CT molecular complexity index is 1400. The van der Waals surface area contributed by atoms with Crippen LogP contribution in [0.25, 0.3) is 22.6 Å². The lowest BCUT2D eigenvalue weighted by molar-refractivity contribution is -0.121. The molecule has 3 aromatic carbocycles. The number of rotatable bonds is 5. The molecule has 0 aliphatic heterocycles. The number of esters is 1. The second kappa shape index (κ2) is 9.32. The number of hydrogen-bond acceptors (Lipinski definition) is 4. The van der Waals surface area contributed by atoms with E-state index in [2.05, 4.69) is 18.2 Å². The highest BCUT2D eigenvalue weighted by atomic mass is 16.5. The SMILES string of the molecule is CN(C(=O)COC(=O)c1c2c(nc3ccccc13)C(=Cc1ccccc1)CC2)c1ccccc1. The van der Waals surface area contributed by atoms with Gasteiger partial charge in [0.1, 0.15) is 0 Å². The van der Waals surface area contributed by atoms with E-state index in [9.17, 15) is 9.59 Å². The molecule has 168 valence electrons. The van der Waals surface area contributed by atoms with Gasteiger partial charge in [-0.15, -0.1) is 0 Å². The lowest BCUT2D eigenvalue weighted by Gasteiger charge is -2.17. The van der Waals surface area contributed by atoms with Gasteiger partial charge in [0.2, 0.25) is 0 Å². The molecule has 0 bridgehead atoms. The average molecular weight is 449 g/mol. The quantitative estimate of drug-likeness (QED) is 0.376. The zero-order chi connectivity index (χ0) is 23.5. The molecule has 4 aromatic rings. The summed E-state index contributed by atoms with van der Waals surface area (Å²) in [5.41, 5.74) is 5.90. The van der Waals surface area contributed by atoms with Crippen LogP contribution in [0.5, 0.6) is 0 Å². The van der Waals surface area contributed by atoms with E-state index in [4.69, 9.17) is 9.72 Å². The van der Waals surface area contributed by atoms with E-state index in [-0.39, 0.29) is 12.5 Å². The van der Waals surface area contributed by atoms with Crippen LogP contribution >= 0.6 is 0 Å². The molecule has 0 N–H and O–H groups in total. The molecule has 1 aliphatic carbocycles. The number of benzene rings is 3. The summed E-state index contributed by atoms with van der Waals surface area (Å²) in [6.45, 7) is -0.331. The molecule has 0 fully saturated rings.